The van der Waals surface area contributed by atoms with E-state index >= 15 is 0 Å². The molecule has 88 valence electrons. The number of carbonyl (C=O) groups is 2. The van der Waals surface area contributed by atoms with E-state index in [1.165, 1.54) is 6.20 Å². The number of carbonyl (C=O) groups excluding carboxylic acids is 2. The molecule has 0 saturated carbocycles. The highest BCUT2D eigenvalue weighted by molar-refractivity contribution is 5.92. The van der Waals surface area contributed by atoms with Gasteiger partial charge in [0, 0.05) is 11.9 Å². The molecule has 6 heteroatoms. The molecule has 0 atom stereocenters. The maximum absolute atomic E-state index is 11.3. The third-order valence-corrected chi connectivity index (χ3v) is 1.55. The van der Waals surface area contributed by atoms with Gasteiger partial charge < -0.3 is 4.74 Å². The normalized spacial score (nSPS) is 10.9. The van der Waals surface area contributed by atoms with Crippen molar-refractivity contribution < 1.29 is 14.3 Å². The predicted octanol–water partition coefficient (Wildman–Crippen LogP) is 1.00. The molecule has 2 amide bonds. The second-order valence-corrected chi connectivity index (χ2v) is 4.31. The third-order valence-electron chi connectivity index (χ3n) is 1.55. The molecule has 0 bridgehead atoms. The average Bonchev–Trinajstić information content (AvgIpc) is 2.51. The van der Waals surface area contributed by atoms with Crippen molar-refractivity contribution in [3.05, 3.63) is 18.0 Å². The molecular formula is C10H15N3O3. The number of aromatic nitrogens is 2. The molecule has 0 aliphatic heterocycles. The van der Waals surface area contributed by atoms with Gasteiger partial charge in [-0.1, -0.05) is 0 Å². The minimum absolute atomic E-state index is 0.0687. The molecular weight excluding hydrogens is 210 g/mol. The monoisotopic (exact) mass is 225 g/mol. The number of aromatic amines is 1. The van der Waals surface area contributed by atoms with Crippen molar-refractivity contribution in [2.24, 2.45) is 0 Å². The number of imide groups is 1. The van der Waals surface area contributed by atoms with Crippen molar-refractivity contribution in [3.63, 3.8) is 0 Å². The summed E-state index contributed by atoms with van der Waals surface area (Å²) in [5.41, 5.74) is 0.0271. The minimum atomic E-state index is -0.739. The van der Waals surface area contributed by atoms with Crippen molar-refractivity contribution in [1.29, 1.82) is 0 Å². The van der Waals surface area contributed by atoms with Gasteiger partial charge in [0.05, 0.1) is 6.42 Å². The van der Waals surface area contributed by atoms with Gasteiger partial charge in [-0.15, -0.1) is 0 Å². The maximum Gasteiger partial charge on any atom is 0.414 e. The Morgan fingerprint density at radius 1 is 1.50 bits per heavy atom. The topological polar surface area (TPSA) is 84.1 Å². The first-order chi connectivity index (χ1) is 7.37. The number of amides is 2. The Morgan fingerprint density at radius 3 is 2.69 bits per heavy atom. The molecule has 1 aromatic heterocycles. The van der Waals surface area contributed by atoms with Crippen molar-refractivity contribution in [1.82, 2.24) is 15.5 Å². The highest BCUT2D eigenvalue weighted by Crippen LogP contribution is 2.06. The lowest BCUT2D eigenvalue weighted by Gasteiger charge is -2.19. The number of nitrogens with zero attached hydrogens (tertiary/aromatic N) is 1. The number of hydrogen-bond donors (Lipinski definition) is 2. The van der Waals surface area contributed by atoms with Crippen LogP contribution < -0.4 is 5.32 Å². The molecule has 0 aliphatic carbocycles. The Hall–Kier alpha value is -1.85. The lowest BCUT2D eigenvalue weighted by molar-refractivity contribution is -0.120. The summed E-state index contributed by atoms with van der Waals surface area (Å²) in [5.74, 6) is -0.432. The van der Waals surface area contributed by atoms with Crippen molar-refractivity contribution in [2.45, 2.75) is 32.8 Å². The van der Waals surface area contributed by atoms with E-state index in [1.54, 1.807) is 26.8 Å². The summed E-state index contributed by atoms with van der Waals surface area (Å²) in [4.78, 5) is 22.6. The van der Waals surface area contributed by atoms with Gasteiger partial charge in [0.15, 0.2) is 0 Å². The fraction of sp³-hybridized carbons (Fsp3) is 0.500. The molecule has 0 aromatic carbocycles. The summed E-state index contributed by atoms with van der Waals surface area (Å²) in [7, 11) is 0. The second-order valence-electron chi connectivity index (χ2n) is 4.31. The summed E-state index contributed by atoms with van der Waals surface area (Å²) in [6.45, 7) is 5.18. The molecule has 0 fully saturated rings. The lowest BCUT2D eigenvalue weighted by Crippen LogP contribution is -2.37. The Morgan fingerprint density at radius 2 is 2.19 bits per heavy atom. The first kappa shape index (κ1) is 12.2. The summed E-state index contributed by atoms with van der Waals surface area (Å²) in [5, 5.41) is 8.45. The number of nitrogens with one attached hydrogen (secondary N) is 2. The standard InChI is InChI=1S/C10H15N3O3/c1-10(2,3)16-9(15)12-8(14)6-7-4-5-11-13-7/h4-5H,6H2,1-3H3,(H,11,13)(H,12,14,15). The van der Waals surface area contributed by atoms with E-state index in [9.17, 15) is 9.59 Å². The van der Waals surface area contributed by atoms with Crippen molar-refractivity contribution in [3.8, 4) is 0 Å². The van der Waals surface area contributed by atoms with Gasteiger partial charge >= 0.3 is 6.09 Å². The van der Waals surface area contributed by atoms with Crippen LogP contribution in [0.25, 0.3) is 0 Å². The van der Waals surface area contributed by atoms with Gasteiger partial charge in [-0.05, 0) is 26.8 Å². The number of H-pyrrole nitrogens is 1. The van der Waals surface area contributed by atoms with E-state index in [2.05, 4.69) is 15.5 Å². The van der Waals surface area contributed by atoms with E-state index in [4.69, 9.17) is 4.74 Å². The highest BCUT2D eigenvalue weighted by Gasteiger charge is 2.18. The van der Waals surface area contributed by atoms with Crippen LogP contribution in [0.3, 0.4) is 0 Å². The maximum atomic E-state index is 11.3. The smallest absolute Gasteiger partial charge is 0.414 e. The van der Waals surface area contributed by atoms with Crippen molar-refractivity contribution >= 4 is 12.0 Å². The van der Waals surface area contributed by atoms with Crippen LogP contribution in [0, 0.1) is 0 Å². The fourth-order valence-electron chi connectivity index (χ4n) is 1.02. The summed E-state index contributed by atoms with van der Waals surface area (Å²) in [6, 6.07) is 1.66. The molecule has 2 N–H and O–H groups in total. The number of hydrogen-bond acceptors (Lipinski definition) is 4. The van der Waals surface area contributed by atoms with E-state index in [-0.39, 0.29) is 6.42 Å². The van der Waals surface area contributed by atoms with Crippen LogP contribution in [-0.2, 0) is 16.0 Å². The molecule has 0 unspecified atom stereocenters. The molecule has 1 heterocycles. The first-order valence-corrected chi connectivity index (χ1v) is 4.88. The van der Waals surface area contributed by atoms with Gasteiger partial charge in [0.2, 0.25) is 5.91 Å². The summed E-state index contributed by atoms with van der Waals surface area (Å²) < 4.78 is 4.93. The van der Waals surface area contributed by atoms with Crippen molar-refractivity contribution in [2.75, 3.05) is 0 Å². The zero-order chi connectivity index (χ0) is 12.2. The summed E-state index contributed by atoms with van der Waals surface area (Å²) >= 11 is 0. The Balaban J connectivity index is 2.37. The van der Waals surface area contributed by atoms with Crippen LogP contribution >= 0.6 is 0 Å². The highest BCUT2D eigenvalue weighted by atomic mass is 16.6. The van der Waals surface area contributed by atoms with E-state index in [1.807, 2.05) is 0 Å². The quantitative estimate of drug-likeness (QED) is 0.786. The Bertz CT molecular complexity index is 365. The van der Waals surface area contributed by atoms with Crippen LogP contribution in [0.1, 0.15) is 26.5 Å². The SMILES string of the molecule is CC(C)(C)OC(=O)NC(=O)Cc1ccn[nH]1. The molecule has 6 nitrogen and oxygen atoms in total. The zero-order valence-corrected chi connectivity index (χ0v) is 9.53. The number of ether oxygens (including phenoxy) is 1. The van der Waals surface area contributed by atoms with Crippen LogP contribution in [0.2, 0.25) is 0 Å². The number of rotatable bonds is 2. The van der Waals surface area contributed by atoms with Crippen LogP contribution in [-0.4, -0.2) is 27.8 Å². The molecule has 1 aromatic rings. The third kappa shape index (κ3) is 4.59. The molecule has 1 rings (SSSR count). The predicted molar refractivity (Wildman–Crippen MR) is 56.7 cm³/mol. The van der Waals surface area contributed by atoms with E-state index in [0.29, 0.717) is 5.69 Å². The van der Waals surface area contributed by atoms with Gasteiger partial charge in [0.25, 0.3) is 0 Å². The molecule has 0 saturated heterocycles. The lowest BCUT2D eigenvalue weighted by atomic mass is 10.2. The van der Waals surface area contributed by atoms with E-state index < -0.39 is 17.6 Å². The fourth-order valence-corrected chi connectivity index (χ4v) is 1.02. The Labute approximate surface area is 93.4 Å². The van der Waals surface area contributed by atoms with E-state index in [0.717, 1.165) is 0 Å². The second kappa shape index (κ2) is 4.78. The molecule has 0 aliphatic rings. The van der Waals surface area contributed by atoms with Crippen LogP contribution in [0.15, 0.2) is 12.3 Å². The van der Waals surface area contributed by atoms with Crippen LogP contribution in [0.4, 0.5) is 4.79 Å². The minimum Gasteiger partial charge on any atom is -0.444 e. The van der Waals surface area contributed by atoms with Gasteiger partial charge in [0.1, 0.15) is 5.60 Å². The van der Waals surface area contributed by atoms with Gasteiger partial charge in [-0.25, -0.2) is 4.79 Å². The van der Waals surface area contributed by atoms with Gasteiger partial charge in [-0.3, -0.25) is 15.2 Å². The number of alkyl carbamates (subject to hydrolysis) is 1. The average molecular weight is 225 g/mol. The summed E-state index contributed by atoms with van der Waals surface area (Å²) in [6.07, 6.45) is 0.868. The molecule has 0 radical (unpaired) electrons. The zero-order valence-electron chi connectivity index (χ0n) is 9.53. The van der Waals surface area contributed by atoms with Crippen LogP contribution in [0.5, 0.6) is 0 Å². The van der Waals surface area contributed by atoms with Gasteiger partial charge in [-0.2, -0.15) is 5.10 Å². The molecule has 0 spiro atoms. The largest absolute Gasteiger partial charge is 0.444 e. The molecule has 16 heavy (non-hydrogen) atoms. The first-order valence-electron chi connectivity index (χ1n) is 4.88. The Kier molecular flexibility index (Phi) is 3.65.